The summed E-state index contributed by atoms with van der Waals surface area (Å²) in [5.41, 5.74) is 1.02. The Bertz CT molecular complexity index is 1100. The van der Waals surface area contributed by atoms with Crippen molar-refractivity contribution in [3.8, 4) is 11.4 Å². The number of anilines is 1. The minimum absolute atomic E-state index is 0.214. The largest absolute Gasteiger partial charge is 0.481 e. The number of carbonyl (C=O) groups is 2. The van der Waals surface area contributed by atoms with Crippen LogP contribution in [0, 0.1) is 0 Å². The van der Waals surface area contributed by atoms with Crippen LogP contribution in [0.2, 0.25) is 5.02 Å². The lowest BCUT2D eigenvalue weighted by Gasteiger charge is -2.27. The van der Waals surface area contributed by atoms with E-state index in [2.05, 4.69) is 10.4 Å². The van der Waals surface area contributed by atoms with E-state index in [1.165, 1.54) is 10.9 Å². The van der Waals surface area contributed by atoms with E-state index in [-0.39, 0.29) is 5.91 Å². The van der Waals surface area contributed by atoms with Crippen LogP contribution in [0.4, 0.5) is 5.82 Å². The molecule has 4 rings (SSSR count). The van der Waals surface area contributed by atoms with E-state index in [0.29, 0.717) is 54.1 Å². The summed E-state index contributed by atoms with van der Waals surface area (Å²) < 4.78 is 12.6. The quantitative estimate of drug-likeness (QED) is 0.617. The number of ether oxygens (including phenoxy) is 2. The van der Waals surface area contributed by atoms with Crippen LogP contribution in [-0.2, 0) is 9.53 Å². The van der Waals surface area contributed by atoms with Gasteiger partial charge in [-0.1, -0.05) is 35.9 Å². The molecule has 9 heteroatoms. The lowest BCUT2D eigenvalue weighted by atomic mass is 10.2. The number of morpholine rings is 1. The monoisotopic (exact) mass is 454 g/mol. The fourth-order valence-electron chi connectivity index (χ4n) is 3.34. The van der Waals surface area contributed by atoms with Crippen molar-refractivity contribution in [2.75, 3.05) is 31.6 Å². The molecule has 0 radical (unpaired) electrons. The standard InChI is InChI=1S/C23H23ClN4O4/c1-16(32-19-9-5-6-17(24)14-19)22(29)26-21-20(23(30)27-10-12-31-13-11-27)15-25-28(21)18-7-3-2-4-8-18/h2-9,14-16H,10-13H2,1H3,(H,26,29)/t16-/m1/s1. The molecule has 0 unspecified atom stereocenters. The van der Waals surface area contributed by atoms with Gasteiger partial charge in [0.1, 0.15) is 17.1 Å². The third-order valence-corrected chi connectivity index (χ3v) is 5.25. The number of benzene rings is 2. The minimum atomic E-state index is -0.834. The topological polar surface area (TPSA) is 85.7 Å². The van der Waals surface area contributed by atoms with E-state index in [1.807, 2.05) is 30.3 Å². The maximum atomic E-state index is 13.2. The predicted octanol–water partition coefficient (Wildman–Crippen LogP) is 3.40. The number of halogens is 1. The summed E-state index contributed by atoms with van der Waals surface area (Å²) in [6.07, 6.45) is 0.641. The molecule has 0 bridgehead atoms. The van der Waals surface area contributed by atoms with Gasteiger partial charge in [0.2, 0.25) is 0 Å². The number of hydrogen-bond acceptors (Lipinski definition) is 5. The highest BCUT2D eigenvalue weighted by atomic mass is 35.5. The third kappa shape index (κ3) is 4.92. The molecular formula is C23H23ClN4O4. The molecule has 1 aliphatic heterocycles. The van der Waals surface area contributed by atoms with Gasteiger partial charge in [-0.25, -0.2) is 4.68 Å². The molecule has 0 aliphatic carbocycles. The average Bonchev–Trinajstić information content (AvgIpc) is 3.23. The van der Waals surface area contributed by atoms with Crippen LogP contribution in [0.5, 0.6) is 5.75 Å². The molecule has 0 spiro atoms. The molecule has 1 N–H and O–H groups in total. The Kier molecular flexibility index (Phi) is 6.72. The molecule has 2 heterocycles. The Balaban J connectivity index is 1.60. The van der Waals surface area contributed by atoms with E-state index in [9.17, 15) is 9.59 Å². The third-order valence-electron chi connectivity index (χ3n) is 5.02. The van der Waals surface area contributed by atoms with Crippen LogP contribution >= 0.6 is 11.6 Å². The molecule has 166 valence electrons. The normalized spacial score (nSPS) is 14.6. The van der Waals surface area contributed by atoms with Crippen LogP contribution < -0.4 is 10.1 Å². The Morgan fingerprint density at radius 1 is 1.12 bits per heavy atom. The molecule has 2 aromatic carbocycles. The molecule has 1 fully saturated rings. The Morgan fingerprint density at radius 2 is 1.88 bits per heavy atom. The maximum Gasteiger partial charge on any atom is 0.266 e. The van der Waals surface area contributed by atoms with Crippen molar-refractivity contribution in [3.63, 3.8) is 0 Å². The van der Waals surface area contributed by atoms with Gasteiger partial charge in [-0.3, -0.25) is 9.59 Å². The summed E-state index contributed by atoms with van der Waals surface area (Å²) in [5.74, 6) is 0.133. The average molecular weight is 455 g/mol. The van der Waals surface area contributed by atoms with E-state index in [4.69, 9.17) is 21.1 Å². The molecule has 1 saturated heterocycles. The number of rotatable bonds is 6. The lowest BCUT2D eigenvalue weighted by molar-refractivity contribution is -0.122. The minimum Gasteiger partial charge on any atom is -0.481 e. The maximum absolute atomic E-state index is 13.2. The summed E-state index contributed by atoms with van der Waals surface area (Å²) in [7, 11) is 0. The summed E-state index contributed by atoms with van der Waals surface area (Å²) in [6.45, 7) is 3.55. The van der Waals surface area contributed by atoms with Gasteiger partial charge in [-0.15, -0.1) is 0 Å². The lowest BCUT2D eigenvalue weighted by Crippen LogP contribution is -2.41. The predicted molar refractivity (Wildman–Crippen MR) is 120 cm³/mol. The first-order chi connectivity index (χ1) is 15.5. The van der Waals surface area contributed by atoms with Gasteiger partial charge >= 0.3 is 0 Å². The highest BCUT2D eigenvalue weighted by Crippen LogP contribution is 2.24. The number of nitrogens with zero attached hydrogens (tertiary/aromatic N) is 3. The summed E-state index contributed by atoms with van der Waals surface area (Å²) in [5, 5.41) is 7.72. The van der Waals surface area contributed by atoms with Crippen LogP contribution in [0.25, 0.3) is 5.69 Å². The van der Waals surface area contributed by atoms with Gasteiger partial charge in [0.25, 0.3) is 11.8 Å². The van der Waals surface area contributed by atoms with Crippen molar-refractivity contribution in [2.24, 2.45) is 0 Å². The highest BCUT2D eigenvalue weighted by molar-refractivity contribution is 6.30. The van der Waals surface area contributed by atoms with Crippen LogP contribution in [-0.4, -0.2) is 58.9 Å². The van der Waals surface area contributed by atoms with Crippen molar-refractivity contribution < 1.29 is 19.1 Å². The molecule has 8 nitrogen and oxygen atoms in total. The summed E-state index contributed by atoms with van der Waals surface area (Å²) in [6, 6.07) is 16.1. The molecule has 32 heavy (non-hydrogen) atoms. The number of para-hydroxylation sites is 1. The molecule has 2 amide bonds. The Hall–Kier alpha value is -3.36. The van der Waals surface area contributed by atoms with Crippen LogP contribution in [0.3, 0.4) is 0 Å². The van der Waals surface area contributed by atoms with Gasteiger partial charge in [0, 0.05) is 18.1 Å². The van der Waals surface area contributed by atoms with Crippen LogP contribution in [0.1, 0.15) is 17.3 Å². The smallest absolute Gasteiger partial charge is 0.266 e. The molecule has 1 atom stereocenters. The molecule has 0 saturated carbocycles. The second kappa shape index (κ2) is 9.84. The SMILES string of the molecule is C[C@@H](Oc1cccc(Cl)c1)C(=O)Nc1c(C(=O)N2CCOCC2)cnn1-c1ccccc1. The first-order valence-electron chi connectivity index (χ1n) is 10.3. The number of amides is 2. The number of carbonyl (C=O) groups excluding carboxylic acids is 2. The summed E-state index contributed by atoms with van der Waals surface area (Å²) in [4.78, 5) is 27.8. The summed E-state index contributed by atoms with van der Waals surface area (Å²) >= 11 is 6.00. The highest BCUT2D eigenvalue weighted by Gasteiger charge is 2.27. The molecular weight excluding hydrogens is 432 g/mol. The van der Waals surface area contributed by atoms with Gasteiger partial charge < -0.3 is 19.7 Å². The van der Waals surface area contributed by atoms with Crippen molar-refractivity contribution in [1.82, 2.24) is 14.7 Å². The molecule has 1 aliphatic rings. The molecule has 3 aromatic rings. The van der Waals surface area contributed by atoms with Crippen molar-refractivity contribution in [1.29, 1.82) is 0 Å². The number of hydrogen-bond donors (Lipinski definition) is 1. The second-order valence-corrected chi connectivity index (χ2v) is 7.70. The zero-order valence-corrected chi connectivity index (χ0v) is 18.3. The van der Waals surface area contributed by atoms with E-state index >= 15 is 0 Å². The number of nitrogens with one attached hydrogen (secondary N) is 1. The fraction of sp³-hybridized carbons (Fsp3) is 0.261. The zero-order valence-electron chi connectivity index (χ0n) is 17.5. The van der Waals surface area contributed by atoms with Gasteiger partial charge in [0.15, 0.2) is 6.10 Å². The number of aromatic nitrogens is 2. The van der Waals surface area contributed by atoms with E-state index < -0.39 is 12.0 Å². The van der Waals surface area contributed by atoms with Crippen molar-refractivity contribution >= 4 is 29.2 Å². The zero-order chi connectivity index (χ0) is 22.5. The Morgan fingerprint density at radius 3 is 2.59 bits per heavy atom. The first-order valence-corrected chi connectivity index (χ1v) is 10.6. The Labute approximate surface area is 190 Å². The van der Waals surface area contributed by atoms with E-state index in [1.54, 1.807) is 36.1 Å². The van der Waals surface area contributed by atoms with Crippen molar-refractivity contribution in [3.05, 3.63) is 71.4 Å². The van der Waals surface area contributed by atoms with Gasteiger partial charge in [0.05, 0.1) is 25.1 Å². The van der Waals surface area contributed by atoms with Gasteiger partial charge in [-0.2, -0.15) is 5.10 Å². The van der Waals surface area contributed by atoms with Crippen LogP contribution in [0.15, 0.2) is 60.8 Å². The van der Waals surface area contributed by atoms with Crippen molar-refractivity contribution in [2.45, 2.75) is 13.0 Å². The molecule has 1 aromatic heterocycles. The van der Waals surface area contributed by atoms with E-state index in [0.717, 1.165) is 0 Å². The first kappa shape index (κ1) is 21.9. The van der Waals surface area contributed by atoms with Gasteiger partial charge in [-0.05, 0) is 37.3 Å². The second-order valence-electron chi connectivity index (χ2n) is 7.27. The fourth-order valence-corrected chi connectivity index (χ4v) is 3.52.